The van der Waals surface area contributed by atoms with Crippen LogP contribution >= 0.6 is 0 Å². The van der Waals surface area contributed by atoms with Crippen molar-refractivity contribution in [3.63, 3.8) is 0 Å². The van der Waals surface area contributed by atoms with Crippen LogP contribution in [0.15, 0.2) is 36.4 Å². The predicted molar refractivity (Wildman–Crippen MR) is 84.1 cm³/mol. The van der Waals surface area contributed by atoms with Gasteiger partial charge in [0, 0.05) is 12.1 Å². The lowest BCUT2D eigenvalue weighted by Gasteiger charge is -2.29. The fourth-order valence-corrected chi connectivity index (χ4v) is 3.05. The highest BCUT2D eigenvalue weighted by Gasteiger charge is 2.26. The van der Waals surface area contributed by atoms with Crippen LogP contribution in [-0.4, -0.2) is 20.3 Å². The van der Waals surface area contributed by atoms with Crippen molar-refractivity contribution in [1.29, 1.82) is 0 Å². The van der Waals surface area contributed by atoms with Gasteiger partial charge in [-0.15, -0.1) is 0 Å². The molecule has 0 radical (unpaired) electrons. The number of fused-ring (bicyclic) bond motifs is 1. The lowest BCUT2D eigenvalue weighted by atomic mass is 9.89. The summed E-state index contributed by atoms with van der Waals surface area (Å²) in [6, 6.07) is 10.7. The van der Waals surface area contributed by atoms with E-state index in [1.807, 2.05) is 25.1 Å². The molecule has 0 amide bonds. The molecule has 3 rings (SSSR count). The Morgan fingerprint density at radius 1 is 1.27 bits per heavy atom. The molecular weight excluding hydrogens is 281 g/mol. The number of benzene rings is 2. The van der Waals surface area contributed by atoms with E-state index >= 15 is 0 Å². The van der Waals surface area contributed by atoms with Gasteiger partial charge < -0.3 is 14.8 Å². The number of rotatable bonds is 4. The molecule has 0 saturated carbocycles. The Hall–Kier alpha value is -2.07. The van der Waals surface area contributed by atoms with Gasteiger partial charge in [0.1, 0.15) is 5.82 Å². The monoisotopic (exact) mass is 301 g/mol. The highest BCUT2D eigenvalue weighted by atomic mass is 19.1. The first-order valence-corrected chi connectivity index (χ1v) is 7.56. The lowest BCUT2D eigenvalue weighted by Crippen LogP contribution is -2.31. The quantitative estimate of drug-likeness (QED) is 0.938. The van der Waals surface area contributed by atoms with Crippen molar-refractivity contribution in [3.8, 4) is 11.5 Å². The third kappa shape index (κ3) is 2.66. The molecule has 1 aliphatic rings. The van der Waals surface area contributed by atoms with Crippen molar-refractivity contribution in [1.82, 2.24) is 5.32 Å². The van der Waals surface area contributed by atoms with Gasteiger partial charge in [-0.05, 0) is 42.7 Å². The standard InChI is InChI=1S/C18H20FNO2/c1-3-22-18-15-9-10-20-17(12-5-4-6-13(19)11-12)14(15)7-8-16(18)21-2/h4-8,11,17,20H,3,9-10H2,1-2H3. The molecule has 3 nitrogen and oxygen atoms in total. The van der Waals surface area contributed by atoms with Crippen molar-refractivity contribution in [3.05, 3.63) is 58.9 Å². The van der Waals surface area contributed by atoms with E-state index in [-0.39, 0.29) is 11.9 Å². The first kappa shape index (κ1) is 14.9. The number of methoxy groups -OCH3 is 1. The van der Waals surface area contributed by atoms with E-state index in [1.165, 1.54) is 6.07 Å². The summed E-state index contributed by atoms with van der Waals surface area (Å²) in [4.78, 5) is 0. The zero-order chi connectivity index (χ0) is 15.5. The SMILES string of the molecule is CCOc1c(OC)ccc2c1CCNC2c1cccc(F)c1. The van der Waals surface area contributed by atoms with E-state index in [1.54, 1.807) is 19.2 Å². The summed E-state index contributed by atoms with van der Waals surface area (Å²) >= 11 is 0. The second kappa shape index (κ2) is 6.36. The average Bonchev–Trinajstić information content (AvgIpc) is 2.55. The number of hydrogen-bond acceptors (Lipinski definition) is 3. The van der Waals surface area contributed by atoms with E-state index in [0.717, 1.165) is 41.2 Å². The highest BCUT2D eigenvalue weighted by Crippen LogP contribution is 2.40. The summed E-state index contributed by atoms with van der Waals surface area (Å²) in [5, 5.41) is 3.46. The van der Waals surface area contributed by atoms with Crippen LogP contribution in [0.2, 0.25) is 0 Å². The van der Waals surface area contributed by atoms with Gasteiger partial charge in [-0.25, -0.2) is 4.39 Å². The summed E-state index contributed by atoms with van der Waals surface area (Å²) < 4.78 is 24.8. The van der Waals surface area contributed by atoms with Crippen molar-refractivity contribution in [2.24, 2.45) is 0 Å². The molecule has 0 aliphatic carbocycles. The van der Waals surface area contributed by atoms with E-state index in [2.05, 4.69) is 5.32 Å². The van der Waals surface area contributed by atoms with Crippen molar-refractivity contribution >= 4 is 0 Å². The number of halogens is 1. The van der Waals surface area contributed by atoms with Crippen LogP contribution < -0.4 is 14.8 Å². The van der Waals surface area contributed by atoms with Crippen LogP contribution in [0.4, 0.5) is 4.39 Å². The van der Waals surface area contributed by atoms with E-state index in [9.17, 15) is 4.39 Å². The highest BCUT2D eigenvalue weighted by molar-refractivity contribution is 5.54. The molecule has 0 bridgehead atoms. The normalized spacial score (nSPS) is 17.0. The molecule has 2 aromatic carbocycles. The minimum Gasteiger partial charge on any atom is -0.493 e. The van der Waals surface area contributed by atoms with Gasteiger partial charge >= 0.3 is 0 Å². The summed E-state index contributed by atoms with van der Waals surface area (Å²) in [6.07, 6.45) is 0.869. The fraction of sp³-hybridized carbons (Fsp3) is 0.333. The molecule has 1 heterocycles. The molecule has 1 N–H and O–H groups in total. The Morgan fingerprint density at radius 2 is 2.14 bits per heavy atom. The van der Waals surface area contributed by atoms with Crippen molar-refractivity contribution in [2.75, 3.05) is 20.3 Å². The smallest absolute Gasteiger partial charge is 0.164 e. The second-order valence-corrected chi connectivity index (χ2v) is 5.29. The molecule has 116 valence electrons. The Labute approximate surface area is 130 Å². The van der Waals surface area contributed by atoms with Gasteiger partial charge in [0.25, 0.3) is 0 Å². The van der Waals surface area contributed by atoms with E-state index in [4.69, 9.17) is 9.47 Å². The summed E-state index contributed by atoms with van der Waals surface area (Å²) in [5.41, 5.74) is 3.20. The first-order chi connectivity index (χ1) is 10.7. The zero-order valence-corrected chi connectivity index (χ0v) is 12.9. The fourth-order valence-electron chi connectivity index (χ4n) is 3.05. The largest absolute Gasteiger partial charge is 0.493 e. The Morgan fingerprint density at radius 3 is 2.86 bits per heavy atom. The lowest BCUT2D eigenvalue weighted by molar-refractivity contribution is 0.305. The van der Waals surface area contributed by atoms with Gasteiger partial charge in [-0.1, -0.05) is 18.2 Å². The summed E-state index contributed by atoms with van der Waals surface area (Å²) in [7, 11) is 1.65. The van der Waals surface area contributed by atoms with Crippen LogP contribution in [0, 0.1) is 5.82 Å². The number of nitrogens with one attached hydrogen (secondary N) is 1. The van der Waals surface area contributed by atoms with Crippen LogP contribution in [0.5, 0.6) is 11.5 Å². The Balaban J connectivity index is 2.09. The molecule has 0 saturated heterocycles. The first-order valence-electron chi connectivity index (χ1n) is 7.56. The zero-order valence-electron chi connectivity index (χ0n) is 12.9. The van der Waals surface area contributed by atoms with Gasteiger partial charge in [0.05, 0.1) is 19.8 Å². The molecular formula is C18H20FNO2. The minimum atomic E-state index is -0.218. The number of ether oxygens (including phenoxy) is 2. The topological polar surface area (TPSA) is 30.5 Å². The van der Waals surface area contributed by atoms with Crippen LogP contribution in [0.25, 0.3) is 0 Å². The molecule has 4 heteroatoms. The van der Waals surface area contributed by atoms with Crippen LogP contribution in [-0.2, 0) is 6.42 Å². The second-order valence-electron chi connectivity index (χ2n) is 5.29. The summed E-state index contributed by atoms with van der Waals surface area (Å²) in [5.74, 6) is 1.34. The maximum absolute atomic E-state index is 13.5. The van der Waals surface area contributed by atoms with E-state index in [0.29, 0.717) is 6.61 Å². The number of hydrogen-bond donors (Lipinski definition) is 1. The van der Waals surface area contributed by atoms with E-state index < -0.39 is 0 Å². The van der Waals surface area contributed by atoms with Gasteiger partial charge in [-0.3, -0.25) is 0 Å². The molecule has 1 atom stereocenters. The molecule has 1 unspecified atom stereocenters. The summed E-state index contributed by atoms with van der Waals surface area (Å²) in [6.45, 7) is 3.37. The maximum atomic E-state index is 13.5. The van der Waals surface area contributed by atoms with Crippen LogP contribution in [0.3, 0.4) is 0 Å². The Bertz CT molecular complexity index is 672. The predicted octanol–water partition coefficient (Wildman–Crippen LogP) is 3.47. The van der Waals surface area contributed by atoms with Crippen LogP contribution in [0.1, 0.15) is 29.7 Å². The van der Waals surface area contributed by atoms with Gasteiger partial charge in [-0.2, -0.15) is 0 Å². The maximum Gasteiger partial charge on any atom is 0.164 e. The Kier molecular flexibility index (Phi) is 4.29. The molecule has 2 aromatic rings. The molecule has 1 aliphatic heterocycles. The van der Waals surface area contributed by atoms with Crippen molar-refractivity contribution < 1.29 is 13.9 Å². The molecule has 0 spiro atoms. The minimum absolute atomic E-state index is 0.0236. The van der Waals surface area contributed by atoms with Gasteiger partial charge in [0.2, 0.25) is 0 Å². The molecule has 0 fully saturated rings. The third-order valence-corrected chi connectivity index (χ3v) is 3.99. The van der Waals surface area contributed by atoms with Crippen molar-refractivity contribution in [2.45, 2.75) is 19.4 Å². The molecule has 22 heavy (non-hydrogen) atoms. The van der Waals surface area contributed by atoms with Gasteiger partial charge in [0.15, 0.2) is 11.5 Å². The third-order valence-electron chi connectivity index (χ3n) is 3.99. The average molecular weight is 301 g/mol. The molecule has 0 aromatic heterocycles.